The molecule has 0 bridgehead atoms. The number of thiocarbonyl (C=S) groups is 1. The second-order valence-electron chi connectivity index (χ2n) is 5.14. The Morgan fingerprint density at radius 1 is 1.37 bits per heavy atom. The highest BCUT2D eigenvalue weighted by Gasteiger charge is 2.30. The molecular weight excluding hydrogens is 258 g/mol. The van der Waals surface area contributed by atoms with E-state index in [2.05, 4.69) is 18.8 Å². The van der Waals surface area contributed by atoms with Crippen LogP contribution in [0, 0.1) is 0 Å². The fraction of sp³-hybridized carbons (Fsp3) is 0.500. The summed E-state index contributed by atoms with van der Waals surface area (Å²) >= 11 is 4.88. The SMILES string of the molecule is C[C@@H]1CCC[C@H](C)N1C(=O)c1ccc(C(N)=S)cn1. The third-order valence-electron chi connectivity index (χ3n) is 3.70. The Kier molecular flexibility index (Phi) is 4.14. The number of aromatic nitrogens is 1. The third-order valence-corrected chi connectivity index (χ3v) is 3.93. The summed E-state index contributed by atoms with van der Waals surface area (Å²) in [7, 11) is 0. The van der Waals surface area contributed by atoms with E-state index < -0.39 is 0 Å². The normalized spacial score (nSPS) is 23.2. The van der Waals surface area contributed by atoms with Crippen LogP contribution in [0.1, 0.15) is 49.2 Å². The van der Waals surface area contributed by atoms with Crippen molar-refractivity contribution in [2.75, 3.05) is 0 Å². The zero-order valence-corrected chi connectivity index (χ0v) is 12.1. The highest BCUT2D eigenvalue weighted by atomic mass is 32.1. The van der Waals surface area contributed by atoms with Crippen LogP contribution in [0.5, 0.6) is 0 Å². The first-order chi connectivity index (χ1) is 9.00. The molecule has 0 unspecified atom stereocenters. The lowest BCUT2D eigenvalue weighted by molar-refractivity contribution is 0.0504. The van der Waals surface area contributed by atoms with E-state index in [-0.39, 0.29) is 18.0 Å². The Morgan fingerprint density at radius 2 is 2.00 bits per heavy atom. The molecule has 2 atom stereocenters. The van der Waals surface area contributed by atoms with Crippen LogP contribution in [0.4, 0.5) is 0 Å². The minimum absolute atomic E-state index is 0.00538. The van der Waals surface area contributed by atoms with Gasteiger partial charge in [-0.25, -0.2) is 0 Å². The van der Waals surface area contributed by atoms with Crippen molar-refractivity contribution in [2.45, 2.75) is 45.2 Å². The smallest absolute Gasteiger partial charge is 0.272 e. The van der Waals surface area contributed by atoms with Gasteiger partial charge in [0.05, 0.1) is 0 Å². The Hall–Kier alpha value is -1.49. The Labute approximate surface area is 119 Å². The molecule has 19 heavy (non-hydrogen) atoms. The lowest BCUT2D eigenvalue weighted by Crippen LogP contribution is -2.47. The zero-order chi connectivity index (χ0) is 14.0. The molecule has 5 heteroatoms. The average molecular weight is 277 g/mol. The molecule has 102 valence electrons. The van der Waals surface area contributed by atoms with Crippen LogP contribution in [0.25, 0.3) is 0 Å². The van der Waals surface area contributed by atoms with E-state index in [1.807, 2.05) is 4.90 Å². The Bertz CT molecular complexity index is 476. The van der Waals surface area contributed by atoms with Crippen molar-refractivity contribution in [3.05, 3.63) is 29.6 Å². The summed E-state index contributed by atoms with van der Waals surface area (Å²) in [5.74, 6) is -0.00538. The number of likely N-dealkylation sites (tertiary alicyclic amines) is 1. The van der Waals surface area contributed by atoms with Gasteiger partial charge < -0.3 is 10.6 Å². The predicted octanol–water partition coefficient (Wildman–Crippen LogP) is 2.12. The van der Waals surface area contributed by atoms with Gasteiger partial charge in [0.1, 0.15) is 10.7 Å². The second kappa shape index (κ2) is 5.65. The minimum Gasteiger partial charge on any atom is -0.389 e. The number of carbonyl (C=O) groups is 1. The average Bonchev–Trinajstić information content (AvgIpc) is 2.38. The molecule has 0 aliphatic carbocycles. The first-order valence-corrected chi connectivity index (χ1v) is 7.00. The third kappa shape index (κ3) is 2.92. The van der Waals surface area contributed by atoms with Crippen LogP contribution >= 0.6 is 12.2 Å². The van der Waals surface area contributed by atoms with E-state index in [1.54, 1.807) is 18.3 Å². The number of nitrogens with zero attached hydrogens (tertiary/aromatic N) is 2. The lowest BCUT2D eigenvalue weighted by atomic mass is 9.97. The summed E-state index contributed by atoms with van der Waals surface area (Å²) in [5, 5.41) is 0. The van der Waals surface area contributed by atoms with Crippen molar-refractivity contribution in [1.82, 2.24) is 9.88 Å². The molecule has 4 nitrogen and oxygen atoms in total. The molecule has 0 aromatic carbocycles. The van der Waals surface area contributed by atoms with E-state index in [9.17, 15) is 4.79 Å². The number of pyridine rings is 1. The fourth-order valence-corrected chi connectivity index (χ4v) is 2.74. The minimum atomic E-state index is -0.00538. The van der Waals surface area contributed by atoms with Crippen molar-refractivity contribution in [3.63, 3.8) is 0 Å². The summed E-state index contributed by atoms with van der Waals surface area (Å²) in [6, 6.07) is 3.99. The van der Waals surface area contributed by atoms with Crippen molar-refractivity contribution in [2.24, 2.45) is 5.73 Å². The largest absolute Gasteiger partial charge is 0.389 e. The number of nitrogens with two attached hydrogens (primary N) is 1. The number of amides is 1. The predicted molar refractivity (Wildman–Crippen MR) is 79.1 cm³/mol. The summed E-state index contributed by atoms with van der Waals surface area (Å²) in [6.07, 6.45) is 4.86. The van der Waals surface area contributed by atoms with Crippen LogP contribution in [0.2, 0.25) is 0 Å². The molecule has 2 heterocycles. The van der Waals surface area contributed by atoms with Crippen LogP contribution in [-0.2, 0) is 0 Å². The van der Waals surface area contributed by atoms with Crippen LogP contribution in [-0.4, -0.2) is 32.9 Å². The van der Waals surface area contributed by atoms with Crippen molar-refractivity contribution in [1.29, 1.82) is 0 Å². The summed E-state index contributed by atoms with van der Waals surface area (Å²) in [4.78, 5) is 18.9. The number of carbonyl (C=O) groups excluding carboxylic acids is 1. The summed E-state index contributed by atoms with van der Waals surface area (Å²) in [6.45, 7) is 4.19. The quantitative estimate of drug-likeness (QED) is 0.841. The van der Waals surface area contributed by atoms with Gasteiger partial charge in [-0.15, -0.1) is 0 Å². The molecule has 0 saturated carbocycles. The Balaban J connectivity index is 2.20. The van der Waals surface area contributed by atoms with Crippen molar-refractivity contribution < 1.29 is 4.79 Å². The van der Waals surface area contributed by atoms with E-state index in [0.29, 0.717) is 16.2 Å². The second-order valence-corrected chi connectivity index (χ2v) is 5.58. The molecule has 0 radical (unpaired) electrons. The molecule has 1 aliphatic heterocycles. The maximum Gasteiger partial charge on any atom is 0.272 e. The molecule has 1 aromatic heterocycles. The van der Waals surface area contributed by atoms with E-state index in [1.165, 1.54) is 6.42 Å². The lowest BCUT2D eigenvalue weighted by Gasteiger charge is -2.38. The molecule has 2 N–H and O–H groups in total. The van der Waals surface area contributed by atoms with Gasteiger partial charge in [0.15, 0.2) is 0 Å². The Morgan fingerprint density at radius 3 is 2.47 bits per heavy atom. The highest BCUT2D eigenvalue weighted by Crippen LogP contribution is 2.24. The van der Waals surface area contributed by atoms with Gasteiger partial charge in [0.2, 0.25) is 0 Å². The van der Waals surface area contributed by atoms with E-state index >= 15 is 0 Å². The first-order valence-electron chi connectivity index (χ1n) is 6.59. The molecule has 1 aromatic rings. The van der Waals surface area contributed by atoms with Crippen molar-refractivity contribution >= 4 is 23.1 Å². The maximum absolute atomic E-state index is 12.5. The molecule has 1 amide bonds. The van der Waals surface area contributed by atoms with Gasteiger partial charge in [0, 0.05) is 23.8 Å². The highest BCUT2D eigenvalue weighted by molar-refractivity contribution is 7.80. The number of hydrogen-bond donors (Lipinski definition) is 1. The van der Waals surface area contributed by atoms with Crippen LogP contribution in [0.15, 0.2) is 18.3 Å². The molecule has 0 spiro atoms. The summed E-state index contributed by atoms with van der Waals surface area (Å²) < 4.78 is 0. The van der Waals surface area contributed by atoms with Gasteiger partial charge in [-0.1, -0.05) is 12.2 Å². The maximum atomic E-state index is 12.5. The molecule has 2 rings (SSSR count). The monoisotopic (exact) mass is 277 g/mol. The molecule has 1 fully saturated rings. The van der Waals surface area contributed by atoms with Gasteiger partial charge in [-0.3, -0.25) is 9.78 Å². The van der Waals surface area contributed by atoms with Crippen LogP contribution < -0.4 is 5.73 Å². The van der Waals surface area contributed by atoms with Gasteiger partial charge in [-0.2, -0.15) is 0 Å². The number of rotatable bonds is 2. The summed E-state index contributed by atoms with van der Waals surface area (Å²) in [5.41, 5.74) is 6.67. The van der Waals surface area contributed by atoms with Crippen molar-refractivity contribution in [3.8, 4) is 0 Å². The molecular formula is C14H19N3OS. The first kappa shape index (κ1) is 13.9. The van der Waals surface area contributed by atoms with E-state index in [0.717, 1.165) is 12.8 Å². The number of piperidine rings is 1. The van der Waals surface area contributed by atoms with Gasteiger partial charge in [-0.05, 0) is 45.2 Å². The molecule has 1 saturated heterocycles. The van der Waals surface area contributed by atoms with Gasteiger partial charge >= 0.3 is 0 Å². The van der Waals surface area contributed by atoms with E-state index in [4.69, 9.17) is 18.0 Å². The van der Waals surface area contributed by atoms with Crippen LogP contribution in [0.3, 0.4) is 0 Å². The topological polar surface area (TPSA) is 59.2 Å². The fourth-order valence-electron chi connectivity index (χ4n) is 2.62. The zero-order valence-electron chi connectivity index (χ0n) is 11.3. The van der Waals surface area contributed by atoms with Gasteiger partial charge in [0.25, 0.3) is 5.91 Å². The standard InChI is InChI=1S/C14H19N3OS/c1-9-4-3-5-10(2)17(9)14(18)12-7-6-11(8-16-12)13(15)19/h6-10H,3-5H2,1-2H3,(H2,15,19)/t9-,10+. The molecule has 1 aliphatic rings. The number of hydrogen-bond acceptors (Lipinski definition) is 3.